The molecule has 16 heavy (non-hydrogen) atoms. The third-order valence-electron chi connectivity index (χ3n) is 3.22. The minimum atomic E-state index is -0.855. The van der Waals surface area contributed by atoms with E-state index in [1.54, 1.807) is 17.2 Å². The second-order valence-corrected chi connectivity index (χ2v) is 4.37. The number of likely N-dealkylation sites (tertiary alicyclic amines) is 1. The van der Waals surface area contributed by atoms with Crippen LogP contribution in [0.25, 0.3) is 0 Å². The Kier molecular flexibility index (Phi) is 3.46. The molecule has 3 atom stereocenters. The van der Waals surface area contributed by atoms with Crippen molar-refractivity contribution in [2.75, 3.05) is 19.7 Å². The average Bonchev–Trinajstić information content (AvgIpc) is 2.97. The standard InChI is InChI=1S/C11H18N2O3/c12-9(10(14)8-3-6-16-7-8)11(15)13-4-1-2-5-13/h3,6,8-10,14H,1-2,4-5,7,12H2/t8?,9-,10+/m1/s1. The summed E-state index contributed by atoms with van der Waals surface area (Å²) >= 11 is 0. The molecule has 5 heteroatoms. The van der Waals surface area contributed by atoms with Crippen LogP contribution in [0.4, 0.5) is 0 Å². The summed E-state index contributed by atoms with van der Waals surface area (Å²) in [7, 11) is 0. The zero-order valence-corrected chi connectivity index (χ0v) is 9.21. The topological polar surface area (TPSA) is 75.8 Å². The van der Waals surface area contributed by atoms with Crippen LogP contribution in [0.15, 0.2) is 12.3 Å². The lowest BCUT2D eigenvalue weighted by Crippen LogP contribution is -2.51. The zero-order valence-electron chi connectivity index (χ0n) is 9.21. The van der Waals surface area contributed by atoms with Gasteiger partial charge in [0.15, 0.2) is 0 Å². The van der Waals surface area contributed by atoms with E-state index in [2.05, 4.69) is 0 Å². The molecule has 1 saturated heterocycles. The van der Waals surface area contributed by atoms with Gasteiger partial charge in [-0.2, -0.15) is 0 Å². The molecule has 5 nitrogen and oxygen atoms in total. The lowest BCUT2D eigenvalue weighted by Gasteiger charge is -2.26. The number of carbonyl (C=O) groups excluding carboxylic acids is 1. The van der Waals surface area contributed by atoms with Gasteiger partial charge < -0.3 is 20.5 Å². The van der Waals surface area contributed by atoms with E-state index in [1.807, 2.05) is 0 Å². The first-order chi connectivity index (χ1) is 7.70. The van der Waals surface area contributed by atoms with Crippen LogP contribution >= 0.6 is 0 Å². The lowest BCUT2D eigenvalue weighted by molar-refractivity contribution is -0.134. The molecule has 0 spiro atoms. The number of nitrogens with two attached hydrogens (primary N) is 1. The molecule has 1 amide bonds. The summed E-state index contributed by atoms with van der Waals surface area (Å²) in [6.07, 6.45) is 4.50. The van der Waals surface area contributed by atoms with Gasteiger partial charge in [-0.1, -0.05) is 0 Å². The van der Waals surface area contributed by atoms with Gasteiger partial charge in [-0.3, -0.25) is 4.79 Å². The summed E-state index contributed by atoms with van der Waals surface area (Å²) in [6.45, 7) is 1.93. The number of amides is 1. The highest BCUT2D eigenvalue weighted by atomic mass is 16.5. The van der Waals surface area contributed by atoms with Crippen LogP contribution in [-0.4, -0.2) is 47.8 Å². The second kappa shape index (κ2) is 4.84. The Morgan fingerprint density at radius 1 is 1.50 bits per heavy atom. The monoisotopic (exact) mass is 226 g/mol. The first-order valence-electron chi connectivity index (χ1n) is 5.71. The first-order valence-corrected chi connectivity index (χ1v) is 5.71. The molecule has 0 aromatic heterocycles. The molecule has 2 aliphatic heterocycles. The van der Waals surface area contributed by atoms with Crippen LogP contribution in [-0.2, 0) is 9.53 Å². The molecule has 2 heterocycles. The normalized spacial score (nSPS) is 27.9. The van der Waals surface area contributed by atoms with Crippen molar-refractivity contribution in [3.8, 4) is 0 Å². The van der Waals surface area contributed by atoms with Crippen LogP contribution in [0.1, 0.15) is 12.8 Å². The highest BCUT2D eigenvalue weighted by molar-refractivity contribution is 5.82. The first kappa shape index (κ1) is 11.4. The smallest absolute Gasteiger partial charge is 0.242 e. The number of ether oxygens (including phenoxy) is 1. The molecule has 0 aliphatic carbocycles. The Morgan fingerprint density at radius 2 is 2.19 bits per heavy atom. The van der Waals surface area contributed by atoms with Crippen molar-refractivity contribution in [3.05, 3.63) is 12.3 Å². The van der Waals surface area contributed by atoms with Crippen molar-refractivity contribution in [3.63, 3.8) is 0 Å². The maximum absolute atomic E-state index is 11.9. The zero-order chi connectivity index (χ0) is 11.5. The summed E-state index contributed by atoms with van der Waals surface area (Å²) in [5, 5.41) is 9.94. The second-order valence-electron chi connectivity index (χ2n) is 4.37. The van der Waals surface area contributed by atoms with Gasteiger partial charge in [0.25, 0.3) is 0 Å². The van der Waals surface area contributed by atoms with Gasteiger partial charge in [0, 0.05) is 19.0 Å². The molecule has 0 aromatic rings. The SMILES string of the molecule is N[C@@H](C(=O)N1CCCC1)[C@@H](O)C1C=COC1. The molecule has 2 rings (SSSR count). The van der Waals surface area contributed by atoms with E-state index in [4.69, 9.17) is 10.5 Å². The van der Waals surface area contributed by atoms with Crippen LogP contribution in [0.5, 0.6) is 0 Å². The van der Waals surface area contributed by atoms with Gasteiger partial charge >= 0.3 is 0 Å². The van der Waals surface area contributed by atoms with Crippen LogP contribution in [0.3, 0.4) is 0 Å². The summed E-state index contributed by atoms with van der Waals surface area (Å²) in [5.41, 5.74) is 5.79. The number of hydrogen-bond donors (Lipinski definition) is 2. The molecule has 1 fully saturated rings. The summed E-state index contributed by atoms with van der Waals surface area (Å²) in [6, 6.07) is -0.838. The lowest BCUT2D eigenvalue weighted by atomic mass is 9.97. The van der Waals surface area contributed by atoms with Crippen LogP contribution in [0, 0.1) is 5.92 Å². The van der Waals surface area contributed by atoms with Crippen molar-refractivity contribution >= 4 is 5.91 Å². The van der Waals surface area contributed by atoms with Gasteiger partial charge in [-0.05, 0) is 18.9 Å². The molecule has 0 bridgehead atoms. The highest BCUT2D eigenvalue weighted by Crippen LogP contribution is 2.17. The summed E-state index contributed by atoms with van der Waals surface area (Å²) < 4.78 is 5.01. The van der Waals surface area contributed by atoms with Crippen molar-refractivity contribution < 1.29 is 14.6 Å². The molecule has 0 radical (unpaired) electrons. The fourth-order valence-electron chi connectivity index (χ4n) is 2.15. The number of hydrogen-bond acceptors (Lipinski definition) is 4. The van der Waals surface area contributed by atoms with Gasteiger partial charge in [-0.15, -0.1) is 0 Å². The quantitative estimate of drug-likeness (QED) is 0.677. The minimum absolute atomic E-state index is 0.148. The molecular weight excluding hydrogens is 208 g/mol. The fourth-order valence-corrected chi connectivity index (χ4v) is 2.15. The third kappa shape index (κ3) is 2.20. The van der Waals surface area contributed by atoms with E-state index in [1.165, 1.54) is 0 Å². The van der Waals surface area contributed by atoms with E-state index in [0.29, 0.717) is 6.61 Å². The van der Waals surface area contributed by atoms with Crippen molar-refractivity contribution in [2.45, 2.75) is 25.0 Å². The fraction of sp³-hybridized carbons (Fsp3) is 0.727. The molecular formula is C11H18N2O3. The Morgan fingerprint density at radius 3 is 2.75 bits per heavy atom. The molecule has 3 N–H and O–H groups in total. The van der Waals surface area contributed by atoms with Gasteiger partial charge in [0.05, 0.1) is 19.0 Å². The van der Waals surface area contributed by atoms with E-state index in [-0.39, 0.29) is 11.8 Å². The Bertz CT molecular complexity index is 287. The number of aliphatic hydroxyl groups excluding tert-OH is 1. The predicted molar refractivity (Wildman–Crippen MR) is 58.4 cm³/mol. The molecule has 0 saturated carbocycles. The summed E-state index contributed by atoms with van der Waals surface area (Å²) in [5.74, 6) is -0.313. The Labute approximate surface area is 94.9 Å². The van der Waals surface area contributed by atoms with E-state index in [0.717, 1.165) is 25.9 Å². The predicted octanol–water partition coefficient (Wildman–Crippen LogP) is -0.543. The Hall–Kier alpha value is -1.07. The van der Waals surface area contributed by atoms with Crippen molar-refractivity contribution in [2.24, 2.45) is 11.7 Å². The van der Waals surface area contributed by atoms with Gasteiger partial charge in [0.1, 0.15) is 6.04 Å². The number of aliphatic hydroxyl groups is 1. The van der Waals surface area contributed by atoms with Gasteiger partial charge in [-0.25, -0.2) is 0 Å². The van der Waals surface area contributed by atoms with Crippen molar-refractivity contribution in [1.82, 2.24) is 4.90 Å². The van der Waals surface area contributed by atoms with Crippen molar-refractivity contribution in [1.29, 1.82) is 0 Å². The maximum Gasteiger partial charge on any atom is 0.242 e. The van der Waals surface area contributed by atoms with Gasteiger partial charge in [0.2, 0.25) is 5.91 Å². The molecule has 1 unspecified atom stereocenters. The molecule has 0 aromatic carbocycles. The number of carbonyl (C=O) groups is 1. The maximum atomic E-state index is 11.9. The third-order valence-corrected chi connectivity index (χ3v) is 3.22. The van der Waals surface area contributed by atoms with Crippen LogP contribution in [0.2, 0.25) is 0 Å². The Balaban J connectivity index is 1.92. The minimum Gasteiger partial charge on any atom is -0.501 e. The van der Waals surface area contributed by atoms with Crippen LogP contribution < -0.4 is 5.73 Å². The van der Waals surface area contributed by atoms with E-state index < -0.39 is 12.1 Å². The molecule has 2 aliphatic rings. The van der Waals surface area contributed by atoms with E-state index >= 15 is 0 Å². The number of rotatable bonds is 3. The largest absolute Gasteiger partial charge is 0.501 e. The highest BCUT2D eigenvalue weighted by Gasteiger charge is 2.33. The molecule has 90 valence electrons. The summed E-state index contributed by atoms with van der Waals surface area (Å²) in [4.78, 5) is 13.6. The van der Waals surface area contributed by atoms with E-state index in [9.17, 15) is 9.90 Å². The average molecular weight is 226 g/mol. The number of nitrogens with zero attached hydrogens (tertiary/aromatic N) is 1.